The molecule has 90 valence electrons. The first-order valence-electron chi connectivity index (χ1n) is 5.77. The van der Waals surface area contributed by atoms with E-state index in [-0.39, 0.29) is 0 Å². The van der Waals surface area contributed by atoms with Crippen LogP contribution in [0.15, 0.2) is 48.5 Å². The summed E-state index contributed by atoms with van der Waals surface area (Å²) in [5.41, 5.74) is 9.10. The van der Waals surface area contributed by atoms with Gasteiger partial charge in [0, 0.05) is 11.3 Å². The summed E-state index contributed by atoms with van der Waals surface area (Å²) in [4.78, 5) is 0. The lowest BCUT2D eigenvalue weighted by Gasteiger charge is -2.03. The average Bonchev–Trinajstić information content (AvgIpc) is 2.38. The van der Waals surface area contributed by atoms with E-state index in [1.165, 1.54) is 0 Å². The van der Waals surface area contributed by atoms with Crippen LogP contribution in [-0.4, -0.2) is 5.11 Å². The predicted molar refractivity (Wildman–Crippen MR) is 73.9 cm³/mol. The van der Waals surface area contributed by atoms with E-state index in [4.69, 9.17) is 5.73 Å². The molecule has 2 aromatic carbocycles. The Bertz CT molecular complexity index is 590. The minimum Gasteiger partial charge on any atom is -0.398 e. The second-order valence-corrected chi connectivity index (χ2v) is 4.17. The van der Waals surface area contributed by atoms with Gasteiger partial charge in [-0.1, -0.05) is 53.8 Å². The summed E-state index contributed by atoms with van der Waals surface area (Å²) >= 11 is 0. The summed E-state index contributed by atoms with van der Waals surface area (Å²) in [6.45, 7) is 2.01. The number of nitrogen functional groups attached to an aromatic ring is 1. The molecule has 1 atom stereocenters. The van der Waals surface area contributed by atoms with Gasteiger partial charge in [-0.05, 0) is 24.6 Å². The molecule has 2 nitrogen and oxygen atoms in total. The maximum absolute atomic E-state index is 9.95. The van der Waals surface area contributed by atoms with Crippen LogP contribution < -0.4 is 5.73 Å². The molecule has 3 N–H and O–H groups in total. The summed E-state index contributed by atoms with van der Waals surface area (Å²) in [5, 5.41) is 9.95. The van der Waals surface area contributed by atoms with E-state index >= 15 is 0 Å². The lowest BCUT2D eigenvalue weighted by molar-refractivity contribution is 0.238. The third-order valence-corrected chi connectivity index (χ3v) is 2.70. The van der Waals surface area contributed by atoms with E-state index in [0.717, 1.165) is 16.7 Å². The third kappa shape index (κ3) is 2.91. The minimum atomic E-state index is -0.787. The first-order chi connectivity index (χ1) is 8.66. The molecule has 0 fully saturated rings. The van der Waals surface area contributed by atoms with Crippen LogP contribution in [-0.2, 0) is 0 Å². The highest BCUT2D eigenvalue weighted by atomic mass is 16.3. The molecule has 0 aliphatic heterocycles. The van der Waals surface area contributed by atoms with Crippen molar-refractivity contribution in [1.29, 1.82) is 0 Å². The van der Waals surface area contributed by atoms with E-state index in [1.807, 2.05) is 49.4 Å². The van der Waals surface area contributed by atoms with Crippen molar-refractivity contribution in [1.82, 2.24) is 0 Å². The van der Waals surface area contributed by atoms with Gasteiger partial charge in [-0.15, -0.1) is 0 Å². The van der Waals surface area contributed by atoms with Crippen molar-refractivity contribution in [3.8, 4) is 11.8 Å². The monoisotopic (exact) mass is 237 g/mol. The molecule has 1 unspecified atom stereocenters. The molecular formula is C16H15NO. The Morgan fingerprint density at radius 2 is 1.72 bits per heavy atom. The Balaban J connectivity index is 2.20. The van der Waals surface area contributed by atoms with E-state index in [2.05, 4.69) is 11.8 Å². The number of hydrogen-bond acceptors (Lipinski definition) is 2. The van der Waals surface area contributed by atoms with Crippen LogP contribution in [0.3, 0.4) is 0 Å². The van der Waals surface area contributed by atoms with Crippen LogP contribution in [0.2, 0.25) is 0 Å². The molecule has 0 saturated heterocycles. The van der Waals surface area contributed by atoms with Crippen LogP contribution in [0, 0.1) is 18.8 Å². The largest absolute Gasteiger partial charge is 0.398 e. The molecule has 0 saturated carbocycles. The summed E-state index contributed by atoms with van der Waals surface area (Å²) < 4.78 is 0. The van der Waals surface area contributed by atoms with Gasteiger partial charge in [-0.25, -0.2) is 0 Å². The zero-order chi connectivity index (χ0) is 13.0. The summed E-state index contributed by atoms with van der Waals surface area (Å²) in [6, 6.07) is 15.0. The molecule has 0 amide bonds. The average molecular weight is 237 g/mol. The van der Waals surface area contributed by atoms with Crippen molar-refractivity contribution in [3.05, 3.63) is 65.2 Å². The number of benzene rings is 2. The second-order valence-electron chi connectivity index (χ2n) is 4.17. The predicted octanol–water partition coefficient (Wildman–Crippen LogP) is 2.66. The highest BCUT2D eigenvalue weighted by Gasteiger charge is 2.02. The molecule has 0 aliphatic rings. The standard InChI is InChI=1S/C16H15NO/c1-12-6-8-14(9-7-12)16(18)11-10-13-4-2-3-5-15(13)17/h2-9,16,18H,17H2,1H3. The highest BCUT2D eigenvalue weighted by Crippen LogP contribution is 2.14. The molecule has 2 aromatic rings. The summed E-state index contributed by atoms with van der Waals surface area (Å²) in [5.74, 6) is 5.70. The molecular weight excluding hydrogens is 222 g/mol. The minimum absolute atomic E-state index is 0.626. The second kappa shape index (κ2) is 5.39. The molecule has 0 heterocycles. The Morgan fingerprint density at radius 1 is 1.06 bits per heavy atom. The van der Waals surface area contributed by atoms with Crippen molar-refractivity contribution >= 4 is 5.69 Å². The van der Waals surface area contributed by atoms with Gasteiger partial charge < -0.3 is 10.8 Å². The fourth-order valence-electron chi connectivity index (χ4n) is 1.59. The fraction of sp³-hybridized carbons (Fsp3) is 0.125. The zero-order valence-electron chi connectivity index (χ0n) is 10.2. The van der Waals surface area contributed by atoms with Gasteiger partial charge in [0.1, 0.15) is 6.10 Å². The Hall–Kier alpha value is -2.24. The van der Waals surface area contributed by atoms with E-state index < -0.39 is 6.10 Å². The van der Waals surface area contributed by atoms with Crippen molar-refractivity contribution in [3.63, 3.8) is 0 Å². The molecule has 0 aromatic heterocycles. The van der Waals surface area contributed by atoms with Crippen LogP contribution >= 0.6 is 0 Å². The number of aliphatic hydroxyl groups is 1. The van der Waals surface area contributed by atoms with Gasteiger partial charge in [-0.2, -0.15) is 0 Å². The van der Waals surface area contributed by atoms with Gasteiger partial charge in [-0.3, -0.25) is 0 Å². The molecule has 0 spiro atoms. The summed E-state index contributed by atoms with van der Waals surface area (Å²) in [7, 11) is 0. The third-order valence-electron chi connectivity index (χ3n) is 2.70. The van der Waals surface area contributed by atoms with E-state index in [1.54, 1.807) is 6.07 Å². The normalized spacial score (nSPS) is 11.4. The number of nitrogens with two attached hydrogens (primary N) is 1. The smallest absolute Gasteiger partial charge is 0.140 e. The highest BCUT2D eigenvalue weighted by molar-refractivity contribution is 5.55. The van der Waals surface area contributed by atoms with Gasteiger partial charge >= 0.3 is 0 Å². The Labute approximate surface area is 107 Å². The fourth-order valence-corrected chi connectivity index (χ4v) is 1.59. The topological polar surface area (TPSA) is 46.2 Å². The molecule has 0 bridgehead atoms. The van der Waals surface area contributed by atoms with Crippen LogP contribution in [0.1, 0.15) is 22.8 Å². The van der Waals surface area contributed by atoms with Gasteiger partial charge in [0.15, 0.2) is 0 Å². The van der Waals surface area contributed by atoms with Crippen molar-refractivity contribution in [2.45, 2.75) is 13.0 Å². The molecule has 2 rings (SSSR count). The van der Waals surface area contributed by atoms with Gasteiger partial charge in [0.2, 0.25) is 0 Å². The van der Waals surface area contributed by atoms with Crippen molar-refractivity contribution in [2.24, 2.45) is 0 Å². The Morgan fingerprint density at radius 3 is 2.39 bits per heavy atom. The lowest BCUT2D eigenvalue weighted by Crippen LogP contribution is -1.94. The van der Waals surface area contributed by atoms with Crippen LogP contribution in [0.4, 0.5) is 5.69 Å². The number of para-hydroxylation sites is 1. The van der Waals surface area contributed by atoms with E-state index in [9.17, 15) is 5.11 Å². The van der Waals surface area contributed by atoms with Gasteiger partial charge in [0.05, 0.1) is 0 Å². The number of anilines is 1. The summed E-state index contributed by atoms with van der Waals surface area (Å²) in [6.07, 6.45) is -0.787. The molecule has 0 radical (unpaired) electrons. The number of aliphatic hydroxyl groups excluding tert-OH is 1. The maximum atomic E-state index is 9.95. The first-order valence-corrected chi connectivity index (χ1v) is 5.77. The van der Waals surface area contributed by atoms with Gasteiger partial charge in [0.25, 0.3) is 0 Å². The first kappa shape index (κ1) is 12.2. The van der Waals surface area contributed by atoms with Crippen molar-refractivity contribution < 1.29 is 5.11 Å². The number of hydrogen-bond donors (Lipinski definition) is 2. The van der Waals surface area contributed by atoms with E-state index in [0.29, 0.717) is 5.69 Å². The van der Waals surface area contributed by atoms with Crippen molar-refractivity contribution in [2.75, 3.05) is 5.73 Å². The maximum Gasteiger partial charge on any atom is 0.140 e. The van der Waals surface area contributed by atoms with Crippen LogP contribution in [0.5, 0.6) is 0 Å². The molecule has 18 heavy (non-hydrogen) atoms. The Kier molecular flexibility index (Phi) is 3.66. The number of aryl methyl sites for hydroxylation is 1. The molecule has 0 aliphatic carbocycles. The zero-order valence-corrected chi connectivity index (χ0v) is 10.2. The lowest BCUT2D eigenvalue weighted by atomic mass is 10.1. The molecule has 2 heteroatoms. The SMILES string of the molecule is Cc1ccc(C(O)C#Cc2ccccc2N)cc1. The number of rotatable bonds is 1. The quantitative estimate of drug-likeness (QED) is 0.591. The van der Waals surface area contributed by atoms with Crippen LogP contribution in [0.25, 0.3) is 0 Å².